The minimum absolute atomic E-state index is 0.0691. The van der Waals surface area contributed by atoms with Crippen molar-refractivity contribution in [2.45, 2.75) is 45.1 Å². The van der Waals surface area contributed by atoms with Gasteiger partial charge in [0.2, 0.25) is 0 Å². The van der Waals surface area contributed by atoms with Gasteiger partial charge in [-0.05, 0) is 39.0 Å². The van der Waals surface area contributed by atoms with Gasteiger partial charge in [0.25, 0.3) is 0 Å². The van der Waals surface area contributed by atoms with Crippen LogP contribution in [0.3, 0.4) is 0 Å². The number of nitrogens with zero attached hydrogens (tertiary/aromatic N) is 1. The normalized spacial score (nSPS) is 15.5. The van der Waals surface area contributed by atoms with E-state index >= 15 is 0 Å². The molecule has 0 bridgehead atoms. The summed E-state index contributed by atoms with van der Waals surface area (Å²) in [5, 5.41) is 11.5. The van der Waals surface area contributed by atoms with E-state index in [0.29, 0.717) is 12.3 Å². The highest BCUT2D eigenvalue weighted by molar-refractivity contribution is 5.75. The summed E-state index contributed by atoms with van der Waals surface area (Å²) in [5.74, 6) is -0.174. The van der Waals surface area contributed by atoms with E-state index in [4.69, 9.17) is 5.11 Å². The third kappa shape index (κ3) is 5.56. The van der Waals surface area contributed by atoms with Gasteiger partial charge in [-0.15, -0.1) is 0 Å². The van der Waals surface area contributed by atoms with Gasteiger partial charge < -0.3 is 15.3 Å². The largest absolute Gasteiger partial charge is 0.481 e. The number of carbonyl (C=O) groups is 2. The number of hydrogen-bond donors (Lipinski definition) is 2. The van der Waals surface area contributed by atoms with E-state index in [1.807, 2.05) is 13.8 Å². The molecule has 0 aromatic rings. The van der Waals surface area contributed by atoms with Crippen LogP contribution in [0.4, 0.5) is 4.79 Å². The molecule has 2 N–H and O–H groups in total. The Morgan fingerprint density at radius 1 is 1.41 bits per heavy atom. The summed E-state index contributed by atoms with van der Waals surface area (Å²) in [6.07, 6.45) is 2.92. The lowest BCUT2D eigenvalue weighted by atomic mass is 9.99. The quantitative estimate of drug-likeness (QED) is 0.744. The van der Waals surface area contributed by atoms with E-state index in [-0.39, 0.29) is 12.5 Å². The SMILES string of the molecule is CN(CC1CC1)C(=O)NC(C)(C)CCC(=O)O. The first kappa shape index (κ1) is 13.8. The van der Waals surface area contributed by atoms with Gasteiger partial charge >= 0.3 is 12.0 Å². The molecule has 0 aromatic carbocycles. The summed E-state index contributed by atoms with van der Waals surface area (Å²) in [4.78, 5) is 24.0. The average molecular weight is 242 g/mol. The van der Waals surface area contributed by atoms with Crippen LogP contribution in [0.15, 0.2) is 0 Å². The summed E-state index contributed by atoms with van der Waals surface area (Å²) in [5.41, 5.74) is -0.479. The topological polar surface area (TPSA) is 69.6 Å². The standard InChI is InChI=1S/C12H22N2O3/c1-12(2,7-6-10(15)16)13-11(17)14(3)8-9-4-5-9/h9H,4-8H2,1-3H3,(H,13,17)(H,15,16). The fraction of sp³-hybridized carbons (Fsp3) is 0.833. The number of carboxylic acids is 1. The minimum atomic E-state index is -0.835. The molecule has 0 aromatic heterocycles. The molecule has 0 spiro atoms. The first-order valence-electron chi connectivity index (χ1n) is 6.05. The van der Waals surface area contributed by atoms with E-state index in [9.17, 15) is 9.59 Å². The second kappa shape index (κ2) is 5.38. The van der Waals surface area contributed by atoms with E-state index in [1.54, 1.807) is 11.9 Å². The highest BCUT2D eigenvalue weighted by Gasteiger charge is 2.27. The minimum Gasteiger partial charge on any atom is -0.481 e. The molecule has 2 amide bonds. The number of amides is 2. The zero-order chi connectivity index (χ0) is 13.1. The van der Waals surface area contributed by atoms with Crippen molar-refractivity contribution in [1.82, 2.24) is 10.2 Å². The highest BCUT2D eigenvalue weighted by atomic mass is 16.4. The van der Waals surface area contributed by atoms with Crippen molar-refractivity contribution in [3.8, 4) is 0 Å². The molecular formula is C12H22N2O3. The molecule has 0 unspecified atom stereocenters. The molecule has 5 heteroatoms. The first-order valence-corrected chi connectivity index (χ1v) is 6.05. The van der Waals surface area contributed by atoms with Gasteiger partial charge in [0.1, 0.15) is 0 Å². The van der Waals surface area contributed by atoms with Crippen LogP contribution in [0.2, 0.25) is 0 Å². The maximum absolute atomic E-state index is 11.8. The molecule has 1 fully saturated rings. The molecule has 1 aliphatic carbocycles. The fourth-order valence-electron chi connectivity index (χ4n) is 1.64. The molecule has 0 aliphatic heterocycles. The Morgan fingerprint density at radius 3 is 2.47 bits per heavy atom. The lowest BCUT2D eigenvalue weighted by Gasteiger charge is -2.29. The Labute approximate surface area is 102 Å². The third-order valence-electron chi connectivity index (χ3n) is 2.98. The van der Waals surface area contributed by atoms with Crippen LogP contribution in [0, 0.1) is 5.92 Å². The van der Waals surface area contributed by atoms with Crippen LogP contribution in [-0.4, -0.2) is 41.1 Å². The Morgan fingerprint density at radius 2 is 2.00 bits per heavy atom. The smallest absolute Gasteiger partial charge is 0.317 e. The number of aliphatic carboxylic acids is 1. The zero-order valence-corrected chi connectivity index (χ0v) is 10.8. The van der Waals surface area contributed by atoms with Crippen LogP contribution in [0.25, 0.3) is 0 Å². The number of carbonyl (C=O) groups excluding carboxylic acids is 1. The lowest BCUT2D eigenvalue weighted by molar-refractivity contribution is -0.137. The monoisotopic (exact) mass is 242 g/mol. The fourth-order valence-corrected chi connectivity index (χ4v) is 1.64. The summed E-state index contributed by atoms with van der Waals surface area (Å²) in [7, 11) is 1.78. The maximum atomic E-state index is 11.8. The van der Waals surface area contributed by atoms with Gasteiger partial charge in [-0.25, -0.2) is 4.79 Å². The third-order valence-corrected chi connectivity index (χ3v) is 2.98. The number of rotatable bonds is 6. The van der Waals surface area contributed by atoms with Gasteiger partial charge in [0, 0.05) is 25.6 Å². The Balaban J connectivity index is 2.33. The molecular weight excluding hydrogens is 220 g/mol. The van der Waals surface area contributed by atoms with Crippen molar-refractivity contribution in [2.24, 2.45) is 5.92 Å². The molecule has 0 heterocycles. The van der Waals surface area contributed by atoms with Crippen molar-refractivity contribution in [3.63, 3.8) is 0 Å². The summed E-state index contributed by atoms with van der Waals surface area (Å²) in [6.45, 7) is 4.48. The maximum Gasteiger partial charge on any atom is 0.317 e. The van der Waals surface area contributed by atoms with E-state index in [0.717, 1.165) is 6.54 Å². The molecule has 1 rings (SSSR count). The number of hydrogen-bond acceptors (Lipinski definition) is 2. The average Bonchev–Trinajstić information content (AvgIpc) is 2.98. The van der Waals surface area contributed by atoms with Crippen molar-refractivity contribution in [2.75, 3.05) is 13.6 Å². The number of nitrogens with one attached hydrogen (secondary N) is 1. The van der Waals surface area contributed by atoms with Crippen molar-refractivity contribution < 1.29 is 14.7 Å². The molecule has 17 heavy (non-hydrogen) atoms. The summed E-state index contributed by atoms with van der Waals surface area (Å²) < 4.78 is 0. The lowest BCUT2D eigenvalue weighted by Crippen LogP contribution is -2.49. The van der Waals surface area contributed by atoms with Gasteiger partial charge in [-0.2, -0.15) is 0 Å². The van der Waals surface area contributed by atoms with E-state index in [1.165, 1.54) is 12.8 Å². The predicted octanol–water partition coefficient (Wildman–Crippen LogP) is 1.68. The van der Waals surface area contributed by atoms with Crippen molar-refractivity contribution in [1.29, 1.82) is 0 Å². The molecule has 0 radical (unpaired) electrons. The Hall–Kier alpha value is -1.26. The second-order valence-electron chi connectivity index (χ2n) is 5.53. The molecule has 0 saturated heterocycles. The van der Waals surface area contributed by atoms with Crippen molar-refractivity contribution in [3.05, 3.63) is 0 Å². The van der Waals surface area contributed by atoms with Gasteiger partial charge in [0.05, 0.1) is 0 Å². The molecule has 98 valence electrons. The predicted molar refractivity (Wildman–Crippen MR) is 64.8 cm³/mol. The molecule has 5 nitrogen and oxygen atoms in total. The van der Waals surface area contributed by atoms with Gasteiger partial charge in [0.15, 0.2) is 0 Å². The highest BCUT2D eigenvalue weighted by Crippen LogP contribution is 2.29. The second-order valence-corrected chi connectivity index (χ2v) is 5.53. The molecule has 0 atom stereocenters. The van der Waals surface area contributed by atoms with Crippen LogP contribution >= 0.6 is 0 Å². The van der Waals surface area contributed by atoms with Gasteiger partial charge in [-0.1, -0.05) is 0 Å². The molecule has 1 aliphatic rings. The van der Waals surface area contributed by atoms with Crippen LogP contribution < -0.4 is 5.32 Å². The Bertz CT molecular complexity index is 298. The van der Waals surface area contributed by atoms with Crippen LogP contribution in [-0.2, 0) is 4.79 Å². The van der Waals surface area contributed by atoms with E-state index in [2.05, 4.69) is 5.32 Å². The van der Waals surface area contributed by atoms with Crippen LogP contribution in [0.1, 0.15) is 39.5 Å². The van der Waals surface area contributed by atoms with Crippen molar-refractivity contribution >= 4 is 12.0 Å². The summed E-state index contributed by atoms with van der Waals surface area (Å²) in [6, 6.07) is -0.118. The molecule has 1 saturated carbocycles. The van der Waals surface area contributed by atoms with E-state index < -0.39 is 11.5 Å². The number of carboxylic acid groups (broad SMARTS) is 1. The zero-order valence-electron chi connectivity index (χ0n) is 10.8. The van der Waals surface area contributed by atoms with Gasteiger partial charge in [-0.3, -0.25) is 4.79 Å². The first-order chi connectivity index (χ1) is 7.80. The Kier molecular flexibility index (Phi) is 4.37. The summed E-state index contributed by atoms with van der Waals surface area (Å²) >= 11 is 0. The van der Waals surface area contributed by atoms with Crippen LogP contribution in [0.5, 0.6) is 0 Å². The number of urea groups is 1.